The molecule has 0 aliphatic carbocycles. The van der Waals surface area contributed by atoms with E-state index in [4.69, 9.17) is 4.42 Å². The van der Waals surface area contributed by atoms with Gasteiger partial charge in [-0.1, -0.05) is 39.0 Å². The average Bonchev–Trinajstić information content (AvgIpc) is 2.93. The van der Waals surface area contributed by atoms with Gasteiger partial charge >= 0.3 is 0 Å². The van der Waals surface area contributed by atoms with Crippen molar-refractivity contribution in [2.75, 3.05) is 6.54 Å². The van der Waals surface area contributed by atoms with E-state index < -0.39 is 0 Å². The average molecular weight is 274 g/mol. The van der Waals surface area contributed by atoms with Crippen molar-refractivity contribution in [1.29, 1.82) is 0 Å². The molecule has 0 unspecified atom stereocenters. The number of unbranched alkanes of at least 4 members (excludes halogenated alkanes) is 5. The Morgan fingerprint density at radius 1 is 1.20 bits per heavy atom. The number of carbonyl (C=O) groups excluding carboxylic acids is 1. The zero-order valence-corrected chi connectivity index (χ0v) is 12.0. The van der Waals surface area contributed by atoms with Crippen molar-refractivity contribution in [3.8, 4) is 0 Å². The molecule has 4 heteroatoms. The number of oxazole rings is 1. The van der Waals surface area contributed by atoms with E-state index in [0.29, 0.717) is 11.1 Å². The van der Waals surface area contributed by atoms with Gasteiger partial charge < -0.3 is 9.73 Å². The summed E-state index contributed by atoms with van der Waals surface area (Å²) < 4.78 is 5.16. The molecule has 1 amide bonds. The number of rotatable bonds is 8. The lowest BCUT2D eigenvalue weighted by Crippen LogP contribution is -2.24. The first-order valence-corrected chi connectivity index (χ1v) is 7.42. The summed E-state index contributed by atoms with van der Waals surface area (Å²) in [5, 5.41) is 2.95. The zero-order chi connectivity index (χ0) is 14.2. The second-order valence-corrected chi connectivity index (χ2v) is 5.06. The summed E-state index contributed by atoms with van der Waals surface area (Å²) in [6.45, 7) is 2.95. The van der Waals surface area contributed by atoms with Crippen LogP contribution in [0.4, 0.5) is 0 Å². The highest BCUT2D eigenvalue weighted by Crippen LogP contribution is 2.14. The normalized spacial score (nSPS) is 10.8. The van der Waals surface area contributed by atoms with Crippen molar-refractivity contribution in [2.24, 2.45) is 0 Å². The largest absolute Gasteiger partial charge is 0.443 e. The number of benzene rings is 1. The number of aromatic nitrogens is 1. The minimum atomic E-state index is -0.0385. The van der Waals surface area contributed by atoms with E-state index in [1.54, 1.807) is 18.2 Å². The SMILES string of the molecule is CCCCCCCCNC(=O)c1ccc2ocnc2c1. The fourth-order valence-electron chi connectivity index (χ4n) is 2.21. The maximum Gasteiger partial charge on any atom is 0.251 e. The third-order valence-corrected chi connectivity index (χ3v) is 3.41. The molecule has 0 atom stereocenters. The van der Waals surface area contributed by atoms with Crippen LogP contribution in [0.5, 0.6) is 0 Å². The van der Waals surface area contributed by atoms with Crippen LogP contribution in [0.25, 0.3) is 11.1 Å². The van der Waals surface area contributed by atoms with E-state index in [2.05, 4.69) is 17.2 Å². The summed E-state index contributed by atoms with van der Waals surface area (Å²) >= 11 is 0. The van der Waals surface area contributed by atoms with Crippen molar-refractivity contribution in [2.45, 2.75) is 45.4 Å². The fourth-order valence-corrected chi connectivity index (χ4v) is 2.21. The first-order chi connectivity index (χ1) is 9.81. The molecule has 1 heterocycles. The highest BCUT2D eigenvalue weighted by Gasteiger charge is 2.07. The van der Waals surface area contributed by atoms with Crippen LogP contribution >= 0.6 is 0 Å². The van der Waals surface area contributed by atoms with Crippen LogP contribution in [0.3, 0.4) is 0 Å². The lowest BCUT2D eigenvalue weighted by molar-refractivity contribution is 0.0953. The maximum absolute atomic E-state index is 12.0. The second kappa shape index (κ2) is 7.68. The fraction of sp³-hybridized carbons (Fsp3) is 0.500. The Morgan fingerprint density at radius 3 is 2.85 bits per heavy atom. The van der Waals surface area contributed by atoms with Crippen LogP contribution in [0.2, 0.25) is 0 Å². The Bertz CT molecular complexity index is 548. The summed E-state index contributed by atoms with van der Waals surface area (Å²) in [4.78, 5) is 16.0. The summed E-state index contributed by atoms with van der Waals surface area (Å²) in [5.74, 6) is -0.0385. The van der Waals surface area contributed by atoms with Gasteiger partial charge in [-0.05, 0) is 24.6 Å². The Balaban J connectivity index is 1.71. The lowest BCUT2D eigenvalue weighted by Gasteiger charge is -2.05. The molecule has 4 nitrogen and oxygen atoms in total. The van der Waals surface area contributed by atoms with Gasteiger partial charge in [0.05, 0.1) is 0 Å². The van der Waals surface area contributed by atoms with Crippen LogP contribution in [-0.2, 0) is 0 Å². The van der Waals surface area contributed by atoms with Gasteiger partial charge in [0.15, 0.2) is 12.0 Å². The van der Waals surface area contributed by atoms with Crippen LogP contribution in [0.15, 0.2) is 29.0 Å². The van der Waals surface area contributed by atoms with Crippen molar-refractivity contribution in [3.63, 3.8) is 0 Å². The summed E-state index contributed by atoms with van der Waals surface area (Å²) in [5.41, 5.74) is 2.06. The predicted molar refractivity (Wildman–Crippen MR) is 79.7 cm³/mol. The van der Waals surface area contributed by atoms with Gasteiger partial charge in [0.1, 0.15) is 5.52 Å². The Morgan fingerprint density at radius 2 is 2.00 bits per heavy atom. The van der Waals surface area contributed by atoms with Gasteiger partial charge in [-0.25, -0.2) is 4.98 Å². The molecule has 1 aromatic carbocycles. The van der Waals surface area contributed by atoms with Gasteiger partial charge in [-0.2, -0.15) is 0 Å². The monoisotopic (exact) mass is 274 g/mol. The second-order valence-electron chi connectivity index (χ2n) is 5.06. The number of nitrogens with zero attached hydrogens (tertiary/aromatic N) is 1. The van der Waals surface area contributed by atoms with Gasteiger partial charge in [-0.3, -0.25) is 4.79 Å². The van der Waals surface area contributed by atoms with Gasteiger partial charge in [-0.15, -0.1) is 0 Å². The van der Waals surface area contributed by atoms with Crippen LogP contribution in [0, 0.1) is 0 Å². The molecule has 20 heavy (non-hydrogen) atoms. The third-order valence-electron chi connectivity index (χ3n) is 3.41. The summed E-state index contributed by atoms with van der Waals surface area (Å²) in [7, 11) is 0. The highest BCUT2D eigenvalue weighted by molar-refractivity contribution is 5.96. The molecular weight excluding hydrogens is 252 g/mol. The standard InChI is InChI=1S/C16H22N2O2/c1-2-3-4-5-6-7-10-17-16(19)13-8-9-15-14(11-13)18-12-20-15/h8-9,11-12H,2-7,10H2,1H3,(H,17,19). The molecule has 0 spiro atoms. The topological polar surface area (TPSA) is 55.1 Å². The maximum atomic E-state index is 12.0. The highest BCUT2D eigenvalue weighted by atomic mass is 16.3. The molecule has 108 valence electrons. The molecule has 2 rings (SSSR count). The van der Waals surface area contributed by atoms with Gasteiger partial charge in [0.25, 0.3) is 5.91 Å². The lowest BCUT2D eigenvalue weighted by atomic mass is 10.1. The number of hydrogen-bond donors (Lipinski definition) is 1. The number of carbonyl (C=O) groups is 1. The van der Waals surface area contributed by atoms with Gasteiger partial charge in [0.2, 0.25) is 0 Å². The molecular formula is C16H22N2O2. The van der Waals surface area contributed by atoms with Crippen molar-refractivity contribution in [1.82, 2.24) is 10.3 Å². The molecule has 0 saturated heterocycles. The van der Waals surface area contributed by atoms with Crippen LogP contribution in [-0.4, -0.2) is 17.4 Å². The third kappa shape index (κ3) is 4.08. The van der Waals surface area contributed by atoms with Crippen LogP contribution < -0.4 is 5.32 Å². The van der Waals surface area contributed by atoms with E-state index in [-0.39, 0.29) is 5.91 Å². The van der Waals surface area contributed by atoms with E-state index >= 15 is 0 Å². The van der Waals surface area contributed by atoms with Crippen LogP contribution in [0.1, 0.15) is 55.8 Å². The molecule has 0 radical (unpaired) electrons. The first kappa shape index (κ1) is 14.6. The minimum absolute atomic E-state index is 0.0385. The quantitative estimate of drug-likeness (QED) is 0.742. The Kier molecular flexibility index (Phi) is 5.59. The van der Waals surface area contributed by atoms with Gasteiger partial charge in [0, 0.05) is 12.1 Å². The Hall–Kier alpha value is -1.84. The first-order valence-electron chi connectivity index (χ1n) is 7.42. The molecule has 0 saturated carbocycles. The van der Waals surface area contributed by atoms with Crippen molar-refractivity contribution < 1.29 is 9.21 Å². The number of amides is 1. The van der Waals surface area contributed by atoms with E-state index in [1.807, 2.05) is 0 Å². The predicted octanol–water partition coefficient (Wildman–Crippen LogP) is 3.92. The molecule has 0 aliphatic heterocycles. The van der Waals surface area contributed by atoms with Crippen molar-refractivity contribution in [3.05, 3.63) is 30.2 Å². The summed E-state index contributed by atoms with van der Waals surface area (Å²) in [6.07, 6.45) is 8.75. The Labute approximate surface area is 119 Å². The number of fused-ring (bicyclic) bond motifs is 1. The molecule has 0 bridgehead atoms. The van der Waals surface area contributed by atoms with E-state index in [1.165, 1.54) is 38.5 Å². The number of hydrogen-bond acceptors (Lipinski definition) is 3. The molecule has 1 N–H and O–H groups in total. The molecule has 0 fully saturated rings. The van der Waals surface area contributed by atoms with E-state index in [9.17, 15) is 4.79 Å². The summed E-state index contributed by atoms with van der Waals surface area (Å²) in [6, 6.07) is 5.31. The molecule has 1 aromatic heterocycles. The van der Waals surface area contributed by atoms with E-state index in [0.717, 1.165) is 18.5 Å². The molecule has 0 aliphatic rings. The zero-order valence-electron chi connectivity index (χ0n) is 12.0. The number of nitrogens with one attached hydrogen (secondary N) is 1. The minimum Gasteiger partial charge on any atom is -0.443 e. The smallest absolute Gasteiger partial charge is 0.251 e. The molecule has 2 aromatic rings. The van der Waals surface area contributed by atoms with Crippen molar-refractivity contribution >= 4 is 17.0 Å².